The fraction of sp³-hybridized carbons (Fsp3) is 0.417. The van der Waals surface area contributed by atoms with Gasteiger partial charge in [0.2, 0.25) is 0 Å². The lowest BCUT2D eigenvalue weighted by molar-refractivity contribution is -0.137. The monoisotopic (exact) mass is 270 g/mol. The van der Waals surface area contributed by atoms with Gasteiger partial charge in [-0.2, -0.15) is 0 Å². The molecule has 1 heterocycles. The molecule has 1 aromatic rings. The van der Waals surface area contributed by atoms with Crippen molar-refractivity contribution in [2.75, 3.05) is 26.9 Å². The topological polar surface area (TPSA) is 65.0 Å². The maximum atomic E-state index is 11.0. The summed E-state index contributed by atoms with van der Waals surface area (Å²) in [6.45, 7) is 1.22. The van der Waals surface area contributed by atoms with Gasteiger partial charge in [0.1, 0.15) is 18.5 Å². The summed E-state index contributed by atoms with van der Waals surface area (Å²) < 4.78 is 15.7. The van der Waals surface area contributed by atoms with E-state index in [2.05, 4.69) is 0 Å². The summed E-state index contributed by atoms with van der Waals surface area (Å²) in [5.74, 6) is 0.466. The average Bonchev–Trinajstić information content (AvgIpc) is 2.38. The number of carboxylic acids is 1. The van der Waals surface area contributed by atoms with E-state index in [4.69, 9.17) is 19.3 Å². The highest BCUT2D eigenvalue weighted by molar-refractivity contribution is 8.00. The molecule has 0 saturated carbocycles. The third-order valence-electron chi connectivity index (χ3n) is 2.39. The first-order chi connectivity index (χ1) is 8.70. The fourth-order valence-electron chi connectivity index (χ4n) is 1.57. The van der Waals surface area contributed by atoms with E-state index in [0.29, 0.717) is 24.7 Å². The molecule has 1 N–H and O–H groups in total. The van der Waals surface area contributed by atoms with Crippen molar-refractivity contribution in [2.45, 2.75) is 10.1 Å². The molecule has 0 amide bonds. The Morgan fingerprint density at radius 1 is 1.44 bits per heavy atom. The lowest BCUT2D eigenvalue weighted by Gasteiger charge is -2.19. The first-order valence-corrected chi connectivity index (χ1v) is 6.36. The van der Waals surface area contributed by atoms with E-state index in [1.165, 1.54) is 18.9 Å². The van der Waals surface area contributed by atoms with E-state index in [9.17, 15) is 4.79 Å². The molecule has 0 radical (unpaired) electrons. The quantitative estimate of drug-likeness (QED) is 0.821. The highest BCUT2D eigenvalue weighted by atomic mass is 32.2. The standard InChI is InChI=1S/C12H14O5S/c1-15-7-11(12(13)14)18-8-2-3-9-10(6-8)17-5-4-16-9/h2-3,6,11H,4-5,7H2,1H3,(H,13,14). The number of hydrogen-bond acceptors (Lipinski definition) is 5. The molecule has 0 fully saturated rings. The first kappa shape index (κ1) is 13.0. The molecule has 1 aromatic carbocycles. The molecular formula is C12H14O5S. The van der Waals surface area contributed by atoms with Crippen molar-refractivity contribution in [2.24, 2.45) is 0 Å². The molecule has 0 aromatic heterocycles. The van der Waals surface area contributed by atoms with Crippen molar-refractivity contribution in [1.82, 2.24) is 0 Å². The number of hydrogen-bond donors (Lipinski definition) is 1. The van der Waals surface area contributed by atoms with Crippen molar-refractivity contribution in [3.8, 4) is 11.5 Å². The Kier molecular flexibility index (Phi) is 4.33. The van der Waals surface area contributed by atoms with Crippen molar-refractivity contribution in [3.05, 3.63) is 18.2 Å². The van der Waals surface area contributed by atoms with Crippen molar-refractivity contribution in [1.29, 1.82) is 0 Å². The van der Waals surface area contributed by atoms with E-state index >= 15 is 0 Å². The van der Waals surface area contributed by atoms with Crippen LogP contribution in [0.15, 0.2) is 23.1 Å². The minimum atomic E-state index is -0.892. The number of carboxylic acid groups (broad SMARTS) is 1. The average molecular weight is 270 g/mol. The maximum absolute atomic E-state index is 11.0. The van der Waals surface area contributed by atoms with Gasteiger partial charge in [0.25, 0.3) is 0 Å². The summed E-state index contributed by atoms with van der Waals surface area (Å²) in [6.07, 6.45) is 0. The molecule has 1 atom stereocenters. The van der Waals surface area contributed by atoms with Crippen LogP contribution in [0.2, 0.25) is 0 Å². The van der Waals surface area contributed by atoms with Crippen molar-refractivity contribution < 1.29 is 24.1 Å². The van der Waals surface area contributed by atoms with Gasteiger partial charge in [0.05, 0.1) is 6.61 Å². The molecule has 6 heteroatoms. The summed E-state index contributed by atoms with van der Waals surface area (Å²) in [5.41, 5.74) is 0. The van der Waals surface area contributed by atoms with Gasteiger partial charge >= 0.3 is 5.97 Å². The summed E-state index contributed by atoms with van der Waals surface area (Å²) >= 11 is 1.23. The van der Waals surface area contributed by atoms with Gasteiger partial charge in [0.15, 0.2) is 11.5 Å². The van der Waals surface area contributed by atoms with E-state index in [1.807, 2.05) is 6.07 Å². The van der Waals surface area contributed by atoms with Gasteiger partial charge in [-0.3, -0.25) is 4.79 Å². The molecule has 2 rings (SSSR count). The van der Waals surface area contributed by atoms with Gasteiger partial charge in [-0.05, 0) is 18.2 Å². The van der Waals surface area contributed by atoms with E-state index < -0.39 is 11.2 Å². The highest BCUT2D eigenvalue weighted by Crippen LogP contribution is 2.35. The van der Waals surface area contributed by atoms with Gasteiger partial charge in [-0.25, -0.2) is 0 Å². The lowest BCUT2D eigenvalue weighted by atomic mass is 10.3. The number of benzene rings is 1. The second-order valence-electron chi connectivity index (χ2n) is 3.71. The Morgan fingerprint density at radius 3 is 2.83 bits per heavy atom. The number of ether oxygens (including phenoxy) is 3. The van der Waals surface area contributed by atoms with Crippen LogP contribution in [0, 0.1) is 0 Å². The maximum Gasteiger partial charge on any atom is 0.319 e. The SMILES string of the molecule is COCC(Sc1ccc2c(c1)OCCO2)C(=O)O. The normalized spacial score (nSPS) is 15.2. The summed E-state index contributed by atoms with van der Waals surface area (Å²) in [7, 11) is 1.49. The molecule has 1 aliphatic heterocycles. The molecule has 0 bridgehead atoms. The molecule has 1 unspecified atom stereocenters. The number of carbonyl (C=O) groups is 1. The van der Waals surface area contributed by atoms with Crippen molar-refractivity contribution in [3.63, 3.8) is 0 Å². The third kappa shape index (κ3) is 3.08. The Hall–Kier alpha value is -1.40. The van der Waals surface area contributed by atoms with Crippen LogP contribution in [0.3, 0.4) is 0 Å². The zero-order valence-corrected chi connectivity index (χ0v) is 10.7. The zero-order valence-electron chi connectivity index (χ0n) is 9.92. The van der Waals surface area contributed by atoms with Crippen LogP contribution in [0.5, 0.6) is 11.5 Å². The largest absolute Gasteiger partial charge is 0.486 e. The second kappa shape index (κ2) is 5.97. The molecule has 18 heavy (non-hydrogen) atoms. The Bertz CT molecular complexity index is 434. The molecule has 1 aliphatic rings. The number of rotatable bonds is 5. The molecule has 0 saturated heterocycles. The predicted octanol–water partition coefficient (Wildman–Crippen LogP) is 1.65. The Balaban J connectivity index is 2.11. The van der Waals surface area contributed by atoms with Crippen LogP contribution in [0.25, 0.3) is 0 Å². The van der Waals surface area contributed by atoms with Crippen LogP contribution in [0.1, 0.15) is 0 Å². The number of thioether (sulfide) groups is 1. The van der Waals surface area contributed by atoms with Gasteiger partial charge in [-0.15, -0.1) is 11.8 Å². The molecule has 5 nitrogen and oxygen atoms in total. The van der Waals surface area contributed by atoms with Gasteiger partial charge in [-0.1, -0.05) is 0 Å². The van der Waals surface area contributed by atoms with E-state index in [0.717, 1.165) is 4.90 Å². The van der Waals surface area contributed by atoms with E-state index in [-0.39, 0.29) is 6.61 Å². The molecular weight excluding hydrogens is 256 g/mol. The van der Waals surface area contributed by atoms with Crippen LogP contribution >= 0.6 is 11.8 Å². The van der Waals surface area contributed by atoms with Crippen LogP contribution in [0.4, 0.5) is 0 Å². The van der Waals surface area contributed by atoms with Crippen LogP contribution in [-0.4, -0.2) is 43.3 Å². The lowest BCUT2D eigenvalue weighted by Crippen LogP contribution is -2.21. The minimum absolute atomic E-state index is 0.161. The zero-order chi connectivity index (χ0) is 13.0. The second-order valence-corrected chi connectivity index (χ2v) is 4.98. The van der Waals surface area contributed by atoms with E-state index in [1.54, 1.807) is 12.1 Å². The molecule has 98 valence electrons. The first-order valence-electron chi connectivity index (χ1n) is 5.49. The van der Waals surface area contributed by atoms with Gasteiger partial charge in [0, 0.05) is 12.0 Å². The van der Waals surface area contributed by atoms with Crippen LogP contribution in [-0.2, 0) is 9.53 Å². The number of fused-ring (bicyclic) bond motifs is 1. The minimum Gasteiger partial charge on any atom is -0.486 e. The van der Waals surface area contributed by atoms with Gasteiger partial charge < -0.3 is 19.3 Å². The Morgan fingerprint density at radius 2 is 2.17 bits per heavy atom. The molecule has 0 aliphatic carbocycles. The number of methoxy groups -OCH3 is 1. The summed E-state index contributed by atoms with van der Waals surface area (Å²) in [4.78, 5) is 11.8. The fourth-order valence-corrected chi connectivity index (χ4v) is 2.52. The number of aliphatic carboxylic acids is 1. The summed E-state index contributed by atoms with van der Waals surface area (Å²) in [6, 6.07) is 5.41. The molecule has 0 spiro atoms. The van der Waals surface area contributed by atoms with Crippen molar-refractivity contribution >= 4 is 17.7 Å². The van der Waals surface area contributed by atoms with Crippen LogP contribution < -0.4 is 9.47 Å². The summed E-state index contributed by atoms with van der Waals surface area (Å²) in [5, 5.41) is 8.42. The predicted molar refractivity (Wildman–Crippen MR) is 66.6 cm³/mol. The highest BCUT2D eigenvalue weighted by Gasteiger charge is 2.20. The third-order valence-corrected chi connectivity index (χ3v) is 3.53. The smallest absolute Gasteiger partial charge is 0.319 e. The Labute approximate surface area is 109 Å².